The van der Waals surface area contributed by atoms with Crippen LogP contribution in [0.25, 0.3) is 0 Å². The van der Waals surface area contributed by atoms with E-state index in [9.17, 15) is 14.4 Å². The smallest absolute Gasteiger partial charge is 0.338 e. The van der Waals surface area contributed by atoms with Crippen molar-refractivity contribution < 1.29 is 24.2 Å². The summed E-state index contributed by atoms with van der Waals surface area (Å²) in [5.74, 6) is -1.39. The summed E-state index contributed by atoms with van der Waals surface area (Å²) in [4.78, 5) is 34.6. The van der Waals surface area contributed by atoms with Crippen LogP contribution in [0.5, 0.6) is 0 Å². The number of aliphatic hydroxyl groups is 1. The first kappa shape index (κ1) is 16.6. The fourth-order valence-corrected chi connectivity index (χ4v) is 1.45. The first-order valence-corrected chi connectivity index (χ1v) is 6.47. The van der Waals surface area contributed by atoms with Crippen molar-refractivity contribution in [1.82, 2.24) is 10.6 Å². The van der Waals surface area contributed by atoms with E-state index in [1.165, 1.54) is 19.1 Å². The lowest BCUT2D eigenvalue weighted by Gasteiger charge is -2.13. The second kappa shape index (κ2) is 8.01. The van der Waals surface area contributed by atoms with Crippen LogP contribution in [0.15, 0.2) is 24.3 Å². The molecule has 7 nitrogen and oxygen atoms in total. The van der Waals surface area contributed by atoms with E-state index in [1.807, 2.05) is 0 Å². The van der Waals surface area contributed by atoms with Gasteiger partial charge in [0.15, 0.2) is 6.10 Å². The average molecular weight is 294 g/mol. The third kappa shape index (κ3) is 5.23. The largest absolute Gasteiger partial charge is 0.449 e. The molecule has 114 valence electrons. The van der Waals surface area contributed by atoms with Gasteiger partial charge in [-0.3, -0.25) is 10.1 Å². The fraction of sp³-hybridized carbons (Fsp3) is 0.357. The minimum Gasteiger partial charge on any atom is -0.449 e. The molecule has 0 saturated heterocycles. The number of carbonyl (C=O) groups is 3. The van der Waals surface area contributed by atoms with Gasteiger partial charge in [-0.2, -0.15) is 0 Å². The average Bonchev–Trinajstić information content (AvgIpc) is 2.47. The molecule has 0 unspecified atom stereocenters. The monoisotopic (exact) mass is 294 g/mol. The first-order valence-electron chi connectivity index (χ1n) is 6.47. The molecule has 0 saturated carbocycles. The van der Waals surface area contributed by atoms with Crippen LogP contribution in [0.4, 0.5) is 4.79 Å². The van der Waals surface area contributed by atoms with E-state index >= 15 is 0 Å². The molecular formula is C14H18N2O5. The minimum absolute atomic E-state index is 0.124. The van der Waals surface area contributed by atoms with E-state index in [0.717, 1.165) is 0 Å². The first-order chi connectivity index (χ1) is 9.97. The van der Waals surface area contributed by atoms with Crippen LogP contribution < -0.4 is 10.6 Å². The maximum Gasteiger partial charge on any atom is 0.338 e. The third-order valence-electron chi connectivity index (χ3n) is 2.60. The molecule has 0 spiro atoms. The SMILES string of the molecule is CCNC(=O)NC(=O)[C@@H](C)OC(=O)c1ccc(CO)cc1. The maximum atomic E-state index is 11.8. The predicted molar refractivity (Wildman–Crippen MR) is 74.5 cm³/mol. The van der Waals surface area contributed by atoms with Gasteiger partial charge in [-0.05, 0) is 31.5 Å². The van der Waals surface area contributed by atoms with Crippen molar-refractivity contribution in [2.75, 3.05) is 6.54 Å². The number of ether oxygens (including phenoxy) is 1. The molecule has 7 heteroatoms. The molecule has 3 N–H and O–H groups in total. The summed E-state index contributed by atoms with van der Waals surface area (Å²) in [6, 6.07) is 5.49. The Kier molecular flexibility index (Phi) is 6.35. The van der Waals surface area contributed by atoms with Crippen LogP contribution in [0.3, 0.4) is 0 Å². The lowest BCUT2D eigenvalue weighted by Crippen LogP contribution is -2.44. The van der Waals surface area contributed by atoms with Crippen molar-refractivity contribution in [3.63, 3.8) is 0 Å². The number of benzene rings is 1. The van der Waals surface area contributed by atoms with Gasteiger partial charge in [0.1, 0.15) is 0 Å². The van der Waals surface area contributed by atoms with Crippen molar-refractivity contribution >= 4 is 17.9 Å². The zero-order chi connectivity index (χ0) is 15.8. The quantitative estimate of drug-likeness (QED) is 0.689. The Labute approximate surface area is 122 Å². The molecule has 1 rings (SSSR count). The number of hydrogen-bond donors (Lipinski definition) is 3. The second-order valence-electron chi connectivity index (χ2n) is 4.25. The van der Waals surface area contributed by atoms with Gasteiger partial charge in [-0.15, -0.1) is 0 Å². The highest BCUT2D eigenvalue weighted by Gasteiger charge is 2.20. The van der Waals surface area contributed by atoms with Crippen LogP contribution in [0.1, 0.15) is 29.8 Å². The van der Waals surface area contributed by atoms with Crippen LogP contribution >= 0.6 is 0 Å². The standard InChI is InChI=1S/C14H18N2O5/c1-3-15-14(20)16-12(18)9(2)21-13(19)11-6-4-10(8-17)5-7-11/h4-7,9,17H,3,8H2,1-2H3,(H2,15,16,18,20)/t9-/m1/s1. The van der Waals surface area contributed by atoms with Crippen molar-refractivity contribution in [2.24, 2.45) is 0 Å². The number of amides is 3. The highest BCUT2D eigenvalue weighted by Crippen LogP contribution is 2.07. The van der Waals surface area contributed by atoms with Crippen molar-refractivity contribution in [3.05, 3.63) is 35.4 Å². The Balaban J connectivity index is 2.56. The van der Waals surface area contributed by atoms with E-state index in [2.05, 4.69) is 10.6 Å². The number of urea groups is 1. The normalized spacial score (nSPS) is 11.4. The number of rotatable bonds is 5. The van der Waals surface area contributed by atoms with Gasteiger partial charge >= 0.3 is 12.0 Å². The lowest BCUT2D eigenvalue weighted by molar-refractivity contribution is -0.127. The van der Waals surface area contributed by atoms with Crippen molar-refractivity contribution in [3.8, 4) is 0 Å². The molecule has 1 atom stereocenters. The molecule has 3 amide bonds. The highest BCUT2D eigenvalue weighted by atomic mass is 16.5. The molecule has 0 aromatic heterocycles. The van der Waals surface area contributed by atoms with Gasteiger partial charge in [-0.25, -0.2) is 9.59 Å². The molecule has 0 fully saturated rings. The molecule has 1 aromatic rings. The number of esters is 1. The zero-order valence-corrected chi connectivity index (χ0v) is 11.9. The molecule has 0 aliphatic heterocycles. The fourth-order valence-electron chi connectivity index (χ4n) is 1.45. The van der Waals surface area contributed by atoms with E-state index in [1.54, 1.807) is 19.1 Å². The molecule has 0 heterocycles. The third-order valence-corrected chi connectivity index (χ3v) is 2.60. The number of imide groups is 1. The molecule has 0 radical (unpaired) electrons. The molecule has 1 aromatic carbocycles. The van der Waals surface area contributed by atoms with E-state index in [4.69, 9.17) is 9.84 Å². The number of nitrogens with one attached hydrogen (secondary N) is 2. The van der Waals surface area contributed by atoms with Crippen molar-refractivity contribution in [2.45, 2.75) is 26.6 Å². The van der Waals surface area contributed by atoms with Crippen LogP contribution in [0.2, 0.25) is 0 Å². The Bertz CT molecular complexity index is 513. The van der Waals surface area contributed by atoms with Gasteiger partial charge in [0.25, 0.3) is 5.91 Å². The van der Waals surface area contributed by atoms with Gasteiger partial charge in [0.05, 0.1) is 12.2 Å². The summed E-state index contributed by atoms with van der Waals surface area (Å²) in [5, 5.41) is 13.4. The summed E-state index contributed by atoms with van der Waals surface area (Å²) < 4.78 is 4.96. The van der Waals surface area contributed by atoms with Crippen LogP contribution in [-0.2, 0) is 16.1 Å². The number of carbonyl (C=O) groups excluding carboxylic acids is 3. The summed E-state index contributed by atoms with van der Waals surface area (Å²) >= 11 is 0. The minimum atomic E-state index is -1.10. The van der Waals surface area contributed by atoms with Gasteiger partial charge < -0.3 is 15.2 Å². The van der Waals surface area contributed by atoms with Gasteiger partial charge in [0.2, 0.25) is 0 Å². The Morgan fingerprint density at radius 3 is 2.38 bits per heavy atom. The second-order valence-corrected chi connectivity index (χ2v) is 4.25. The summed E-state index contributed by atoms with van der Waals surface area (Å²) in [7, 11) is 0. The Hall–Kier alpha value is -2.41. The molecule has 0 aliphatic carbocycles. The summed E-state index contributed by atoms with van der Waals surface area (Å²) in [6.45, 7) is 3.34. The van der Waals surface area contributed by atoms with E-state index < -0.39 is 24.0 Å². The van der Waals surface area contributed by atoms with Gasteiger partial charge in [0, 0.05) is 6.54 Å². The zero-order valence-electron chi connectivity index (χ0n) is 11.9. The van der Waals surface area contributed by atoms with E-state index in [-0.39, 0.29) is 12.2 Å². The van der Waals surface area contributed by atoms with E-state index in [0.29, 0.717) is 12.1 Å². The maximum absolute atomic E-state index is 11.8. The number of hydrogen-bond acceptors (Lipinski definition) is 5. The molecule has 0 aliphatic rings. The summed E-state index contributed by atoms with van der Waals surface area (Å²) in [6.07, 6.45) is -1.10. The van der Waals surface area contributed by atoms with Crippen molar-refractivity contribution in [1.29, 1.82) is 0 Å². The van der Waals surface area contributed by atoms with Crippen LogP contribution in [-0.4, -0.2) is 35.7 Å². The molecule has 21 heavy (non-hydrogen) atoms. The summed E-state index contributed by atoms with van der Waals surface area (Å²) in [5.41, 5.74) is 0.915. The predicted octanol–water partition coefficient (Wildman–Crippen LogP) is 0.570. The number of aliphatic hydroxyl groups excluding tert-OH is 1. The lowest BCUT2D eigenvalue weighted by atomic mass is 10.1. The topological polar surface area (TPSA) is 105 Å². The Morgan fingerprint density at radius 2 is 1.86 bits per heavy atom. The Morgan fingerprint density at radius 1 is 1.24 bits per heavy atom. The molecular weight excluding hydrogens is 276 g/mol. The van der Waals surface area contributed by atoms with Gasteiger partial charge in [-0.1, -0.05) is 12.1 Å². The highest BCUT2D eigenvalue weighted by molar-refractivity contribution is 5.98. The molecule has 0 bridgehead atoms. The van der Waals surface area contributed by atoms with Crippen LogP contribution in [0, 0.1) is 0 Å².